The number of allylic oxidation sites excluding steroid dienone is 2. The van der Waals surface area contributed by atoms with Gasteiger partial charge in [-0.05, 0) is 24.7 Å². The molecule has 0 saturated heterocycles. The fourth-order valence-corrected chi connectivity index (χ4v) is 6.28. The van der Waals surface area contributed by atoms with E-state index in [1.807, 2.05) is 20.8 Å². The maximum atomic E-state index is 13.9. The summed E-state index contributed by atoms with van der Waals surface area (Å²) in [6.45, 7) is 7.77. The SMILES string of the molecule is CCCC(C)C1OC(=O)C(C(C)C)NC(=O)C(C(O)C(N)=O)NC(=O)C(C(C)C(N)=O)NC(=O)CNC(=O)C(CO)NC(=O)CC(O)CNC(=O)C=CC=CCC(OC)C1C. The van der Waals surface area contributed by atoms with Crippen LogP contribution >= 0.6 is 0 Å². The molecular weight excluding hydrogens is 804 g/mol. The molecule has 0 aliphatic carbocycles. The number of primary amides is 2. The summed E-state index contributed by atoms with van der Waals surface area (Å²) in [5.74, 6) is -12.5. The minimum absolute atomic E-state index is 0.208. The molecule has 1 aliphatic rings. The van der Waals surface area contributed by atoms with Crippen LogP contribution in [0.3, 0.4) is 0 Å². The summed E-state index contributed by atoms with van der Waals surface area (Å²) in [5, 5.41) is 44.1. The quantitative estimate of drug-likeness (QED) is 0.0934. The highest BCUT2D eigenvalue weighted by molar-refractivity contribution is 5.99. The summed E-state index contributed by atoms with van der Waals surface area (Å²) in [5.41, 5.74) is 10.7. The van der Waals surface area contributed by atoms with Gasteiger partial charge in [-0.25, -0.2) is 4.79 Å². The van der Waals surface area contributed by atoms with E-state index in [-0.39, 0.29) is 12.5 Å². The molecule has 0 bridgehead atoms. The molecule has 0 spiro atoms. The van der Waals surface area contributed by atoms with Crippen LogP contribution in [0.5, 0.6) is 0 Å². The van der Waals surface area contributed by atoms with E-state index in [4.69, 9.17) is 20.9 Å². The van der Waals surface area contributed by atoms with E-state index in [2.05, 4.69) is 31.9 Å². The van der Waals surface area contributed by atoms with E-state index in [0.717, 1.165) is 13.3 Å². The third-order valence-electron chi connectivity index (χ3n) is 9.97. The molecule has 11 atom stereocenters. The Bertz CT molecular complexity index is 1610. The summed E-state index contributed by atoms with van der Waals surface area (Å²) < 4.78 is 11.8. The minimum atomic E-state index is -2.40. The van der Waals surface area contributed by atoms with Crippen molar-refractivity contribution in [3.05, 3.63) is 24.3 Å². The van der Waals surface area contributed by atoms with Gasteiger partial charge in [0.05, 0.1) is 37.7 Å². The molecule has 22 nitrogen and oxygen atoms in total. The molecule has 0 fully saturated rings. The van der Waals surface area contributed by atoms with Crippen LogP contribution in [0.2, 0.25) is 0 Å². The molecule has 0 radical (unpaired) electrons. The predicted molar refractivity (Wildman–Crippen MR) is 217 cm³/mol. The van der Waals surface area contributed by atoms with Gasteiger partial charge >= 0.3 is 5.97 Å². The fraction of sp³-hybridized carbons (Fsp3) is 0.667. The van der Waals surface area contributed by atoms with Crippen molar-refractivity contribution < 1.29 is 67.9 Å². The Morgan fingerprint density at radius 1 is 0.869 bits per heavy atom. The highest BCUT2D eigenvalue weighted by Crippen LogP contribution is 2.28. The molecule has 1 heterocycles. The Morgan fingerprint density at radius 2 is 1.49 bits per heavy atom. The molecular formula is C39H64N8O14. The van der Waals surface area contributed by atoms with Gasteiger partial charge in [0.2, 0.25) is 47.3 Å². The highest BCUT2D eigenvalue weighted by Gasteiger charge is 2.41. The standard InChI is InChI=1S/C39H64N8O14/c1-8-12-20(4)33-21(5)25(60-7)13-10-9-11-14-26(50)42-16-23(49)15-27(51)44-24(18-48)36(56)43-17-28(52)45-30(22(6)34(40)54)37(57)47-31(32(53)35(41)55)38(58)46-29(19(2)3)39(59)61-33/h9-11,14,19-25,29-33,48-49,53H,8,12-13,15-18H2,1-7H3,(H2,40,54)(H2,41,55)(H,42,50)(H,43,56)(H,44,51)(H,45,52)(H,46,58)(H,47,57). The molecule has 344 valence electrons. The summed E-state index contributed by atoms with van der Waals surface area (Å²) in [6.07, 6.45) is 1.94. The third-order valence-corrected chi connectivity index (χ3v) is 9.97. The second-order valence-electron chi connectivity index (χ2n) is 15.2. The van der Waals surface area contributed by atoms with E-state index in [1.165, 1.54) is 19.3 Å². The van der Waals surface area contributed by atoms with Crippen LogP contribution in [-0.2, 0) is 52.6 Å². The van der Waals surface area contributed by atoms with Gasteiger partial charge in [0.25, 0.3) is 0 Å². The van der Waals surface area contributed by atoms with Crippen LogP contribution in [0.25, 0.3) is 0 Å². The lowest BCUT2D eigenvalue weighted by atomic mass is 9.85. The number of β-amino-alcohol motifs (C(OH)–C–C–N with tert-alkyl or cyclic N) is 1. The molecule has 22 heteroatoms. The normalized spacial score (nSPS) is 28.1. The van der Waals surface area contributed by atoms with Gasteiger partial charge in [-0.2, -0.15) is 0 Å². The number of aliphatic hydroxyl groups is 3. The lowest BCUT2D eigenvalue weighted by Gasteiger charge is -2.35. The van der Waals surface area contributed by atoms with E-state index >= 15 is 0 Å². The van der Waals surface area contributed by atoms with Crippen molar-refractivity contribution in [2.24, 2.45) is 35.1 Å². The zero-order valence-electron chi connectivity index (χ0n) is 35.7. The monoisotopic (exact) mass is 868 g/mol. The number of esters is 1. The van der Waals surface area contributed by atoms with Gasteiger partial charge in [-0.1, -0.05) is 66.2 Å². The number of cyclic esters (lactones) is 1. The van der Waals surface area contributed by atoms with Crippen LogP contribution in [0.4, 0.5) is 0 Å². The molecule has 0 saturated carbocycles. The van der Waals surface area contributed by atoms with E-state index in [1.54, 1.807) is 26.0 Å². The molecule has 1 aliphatic heterocycles. The lowest BCUT2D eigenvalue weighted by molar-refractivity contribution is -0.163. The second-order valence-corrected chi connectivity index (χ2v) is 15.2. The van der Waals surface area contributed by atoms with Crippen LogP contribution < -0.4 is 43.4 Å². The summed E-state index contributed by atoms with van der Waals surface area (Å²) in [4.78, 5) is 116. The van der Waals surface area contributed by atoms with E-state index < -0.39 is 139 Å². The first-order valence-corrected chi connectivity index (χ1v) is 20.0. The van der Waals surface area contributed by atoms with Crippen molar-refractivity contribution in [3.8, 4) is 0 Å². The Labute approximate surface area is 354 Å². The summed E-state index contributed by atoms with van der Waals surface area (Å²) >= 11 is 0. The van der Waals surface area contributed by atoms with E-state index in [0.29, 0.717) is 12.8 Å². The first-order valence-electron chi connectivity index (χ1n) is 20.0. The molecule has 61 heavy (non-hydrogen) atoms. The van der Waals surface area contributed by atoms with Gasteiger partial charge in [0, 0.05) is 25.6 Å². The maximum absolute atomic E-state index is 13.9. The summed E-state index contributed by atoms with van der Waals surface area (Å²) in [6, 6.07) is -7.11. The van der Waals surface area contributed by atoms with Crippen LogP contribution in [-0.4, -0.2) is 144 Å². The maximum Gasteiger partial charge on any atom is 0.329 e. The number of carbonyl (C=O) groups is 9. The van der Waals surface area contributed by atoms with Gasteiger partial charge in [0.1, 0.15) is 30.3 Å². The number of nitrogens with two attached hydrogens (primary N) is 2. The van der Waals surface area contributed by atoms with Crippen molar-refractivity contribution in [2.75, 3.05) is 26.8 Å². The average molecular weight is 869 g/mol. The first-order chi connectivity index (χ1) is 28.6. The zero-order valence-corrected chi connectivity index (χ0v) is 35.7. The Hall–Kier alpha value is -5.45. The molecule has 0 aromatic carbocycles. The number of amides is 8. The number of aliphatic hydroxyl groups excluding tert-OH is 3. The topological polar surface area (TPSA) is 357 Å². The molecule has 8 amide bonds. The number of hydrogen-bond acceptors (Lipinski definition) is 14. The predicted octanol–water partition coefficient (Wildman–Crippen LogP) is -3.96. The number of methoxy groups -OCH3 is 1. The molecule has 0 aromatic heterocycles. The lowest BCUT2D eigenvalue weighted by Crippen LogP contribution is -2.64. The molecule has 1 rings (SSSR count). The molecule has 11 unspecified atom stereocenters. The highest BCUT2D eigenvalue weighted by atomic mass is 16.5. The van der Waals surface area contributed by atoms with Crippen LogP contribution in [0, 0.1) is 23.7 Å². The second kappa shape index (κ2) is 26.7. The van der Waals surface area contributed by atoms with Gasteiger partial charge in [-0.3, -0.25) is 38.4 Å². The largest absolute Gasteiger partial charge is 0.460 e. The average Bonchev–Trinajstić information content (AvgIpc) is 3.20. The van der Waals surface area contributed by atoms with Crippen molar-refractivity contribution in [1.29, 1.82) is 0 Å². The number of hydrogen-bond donors (Lipinski definition) is 11. The van der Waals surface area contributed by atoms with Crippen LogP contribution in [0.1, 0.15) is 67.2 Å². The third kappa shape index (κ3) is 18.0. The Morgan fingerprint density at radius 3 is 2.05 bits per heavy atom. The van der Waals surface area contributed by atoms with Crippen molar-refractivity contribution in [2.45, 2.75) is 116 Å². The van der Waals surface area contributed by atoms with Crippen molar-refractivity contribution >= 4 is 53.2 Å². The number of ether oxygens (including phenoxy) is 2. The minimum Gasteiger partial charge on any atom is -0.460 e. The van der Waals surface area contributed by atoms with Crippen molar-refractivity contribution in [1.82, 2.24) is 31.9 Å². The van der Waals surface area contributed by atoms with Crippen LogP contribution in [0.15, 0.2) is 24.3 Å². The Balaban J connectivity index is 3.69. The van der Waals surface area contributed by atoms with Crippen molar-refractivity contribution in [3.63, 3.8) is 0 Å². The Kier molecular flexibility index (Phi) is 23.4. The van der Waals surface area contributed by atoms with Gasteiger partial charge in [-0.15, -0.1) is 0 Å². The summed E-state index contributed by atoms with van der Waals surface area (Å²) in [7, 11) is 1.48. The zero-order chi connectivity index (χ0) is 46.6. The van der Waals surface area contributed by atoms with Gasteiger partial charge in [0.15, 0.2) is 6.10 Å². The van der Waals surface area contributed by atoms with Gasteiger partial charge < -0.3 is 68.2 Å². The smallest absolute Gasteiger partial charge is 0.329 e. The van der Waals surface area contributed by atoms with E-state index in [9.17, 15) is 58.5 Å². The fourth-order valence-electron chi connectivity index (χ4n) is 6.28. The number of nitrogens with one attached hydrogen (secondary N) is 6. The molecule has 0 aromatic rings. The first kappa shape index (κ1) is 53.6. The molecule has 13 N–H and O–H groups in total. The number of rotatable bonds is 10. The number of carbonyl (C=O) groups excluding carboxylic acids is 9.